The first-order valence-corrected chi connectivity index (χ1v) is 8.01. The summed E-state index contributed by atoms with van der Waals surface area (Å²) in [5.41, 5.74) is 2.66. The van der Waals surface area contributed by atoms with E-state index in [1.807, 2.05) is 22.8 Å². The van der Waals surface area contributed by atoms with Gasteiger partial charge in [0.2, 0.25) is 0 Å². The molecule has 2 heterocycles. The topological polar surface area (TPSA) is 55.1 Å². The van der Waals surface area contributed by atoms with Gasteiger partial charge >= 0.3 is 0 Å². The molecule has 5 heteroatoms. The molecule has 0 bridgehead atoms. The minimum absolute atomic E-state index is 0.0277. The highest BCUT2D eigenvalue weighted by Crippen LogP contribution is 2.32. The lowest BCUT2D eigenvalue weighted by Crippen LogP contribution is -2.26. The first kappa shape index (κ1) is 14.4. The maximum Gasteiger partial charge on any atom is 0.194 e. The van der Waals surface area contributed by atoms with Crippen molar-refractivity contribution in [1.82, 2.24) is 9.55 Å². The monoisotopic (exact) mass is 326 g/mol. The van der Waals surface area contributed by atoms with Crippen LogP contribution in [0.25, 0.3) is 16.7 Å². The predicted molar refractivity (Wildman–Crippen MR) is 90.2 cm³/mol. The number of hydrogen-bond acceptors (Lipinski definition) is 3. The van der Waals surface area contributed by atoms with E-state index in [0.29, 0.717) is 40.2 Å². The molecule has 1 aliphatic rings. The summed E-state index contributed by atoms with van der Waals surface area (Å²) in [6.07, 6.45) is 3.12. The van der Waals surface area contributed by atoms with Gasteiger partial charge in [-0.05, 0) is 49.6 Å². The Bertz CT molecular complexity index is 965. The second-order valence-electron chi connectivity index (χ2n) is 5.79. The summed E-state index contributed by atoms with van der Waals surface area (Å²) >= 11 is 6.14. The molecule has 2 aromatic heterocycles. The van der Waals surface area contributed by atoms with Gasteiger partial charge in [-0.3, -0.25) is 9.36 Å². The highest BCUT2D eigenvalue weighted by Gasteiger charge is 2.27. The quantitative estimate of drug-likeness (QED) is 0.745. The summed E-state index contributed by atoms with van der Waals surface area (Å²) in [5, 5.41) is 11.7. The Labute approximate surface area is 138 Å². The number of fused-ring (bicyclic) bond motifs is 2. The van der Waals surface area contributed by atoms with E-state index in [2.05, 4.69) is 4.98 Å². The molecule has 1 aromatic carbocycles. The fraction of sp³-hybridized carbons (Fsp3) is 0.222. The molecular formula is C18H15ClN2O2. The maximum atomic E-state index is 12.8. The van der Waals surface area contributed by atoms with Crippen molar-refractivity contribution in [3.05, 3.63) is 69.1 Å². The molecule has 1 aliphatic carbocycles. The van der Waals surface area contributed by atoms with Crippen molar-refractivity contribution in [3.63, 3.8) is 0 Å². The summed E-state index contributed by atoms with van der Waals surface area (Å²) < 4.78 is 1.88. The molecule has 0 saturated carbocycles. The first-order valence-electron chi connectivity index (χ1n) is 7.63. The van der Waals surface area contributed by atoms with Crippen LogP contribution in [0.4, 0.5) is 0 Å². The summed E-state index contributed by atoms with van der Waals surface area (Å²) in [4.78, 5) is 17.2. The molecule has 0 spiro atoms. The number of benzene rings is 1. The van der Waals surface area contributed by atoms with Crippen LogP contribution in [0.1, 0.15) is 30.2 Å². The lowest BCUT2D eigenvalue weighted by atomic mass is 9.91. The van der Waals surface area contributed by atoms with Crippen LogP contribution in [0.3, 0.4) is 0 Å². The summed E-state index contributed by atoms with van der Waals surface area (Å²) in [7, 11) is 0. The van der Waals surface area contributed by atoms with Crippen molar-refractivity contribution in [1.29, 1.82) is 0 Å². The van der Waals surface area contributed by atoms with E-state index in [9.17, 15) is 9.90 Å². The van der Waals surface area contributed by atoms with Gasteiger partial charge in [-0.15, -0.1) is 0 Å². The number of halogens is 1. The van der Waals surface area contributed by atoms with Gasteiger partial charge in [0.15, 0.2) is 5.43 Å². The van der Waals surface area contributed by atoms with Gasteiger partial charge in [-0.2, -0.15) is 0 Å². The normalized spacial score (nSPS) is 17.2. The third kappa shape index (κ3) is 2.26. The SMILES string of the molecule is O=c1c2c(n(-c3cccc(Cl)c3)c3ncccc13)C(O)CCC2. The summed E-state index contributed by atoms with van der Waals surface area (Å²) in [6, 6.07) is 10.9. The molecular weight excluding hydrogens is 312 g/mol. The van der Waals surface area contributed by atoms with Gasteiger partial charge in [-0.1, -0.05) is 17.7 Å². The lowest BCUT2D eigenvalue weighted by Gasteiger charge is -2.26. The Morgan fingerprint density at radius 1 is 1.26 bits per heavy atom. The Kier molecular flexibility index (Phi) is 3.43. The number of nitrogens with zero attached hydrogens (tertiary/aromatic N) is 2. The number of aliphatic hydroxyl groups excluding tert-OH is 1. The van der Waals surface area contributed by atoms with Crippen molar-refractivity contribution in [2.24, 2.45) is 0 Å². The predicted octanol–water partition coefficient (Wildman–Crippen LogP) is 3.41. The smallest absolute Gasteiger partial charge is 0.194 e. The zero-order valence-electron chi connectivity index (χ0n) is 12.4. The van der Waals surface area contributed by atoms with Gasteiger partial charge in [0.05, 0.1) is 17.2 Å². The molecule has 1 unspecified atom stereocenters. The van der Waals surface area contributed by atoms with Crippen LogP contribution < -0.4 is 5.43 Å². The van der Waals surface area contributed by atoms with E-state index in [4.69, 9.17) is 11.6 Å². The number of aromatic nitrogens is 2. The van der Waals surface area contributed by atoms with Gasteiger partial charge in [0, 0.05) is 22.5 Å². The average Bonchev–Trinajstić information content (AvgIpc) is 2.56. The molecule has 0 aliphatic heterocycles. The Balaban J connectivity index is 2.19. The van der Waals surface area contributed by atoms with E-state index in [1.165, 1.54) is 0 Å². The van der Waals surface area contributed by atoms with E-state index in [0.717, 1.165) is 12.1 Å². The first-order chi connectivity index (χ1) is 11.2. The third-order valence-electron chi connectivity index (χ3n) is 4.35. The van der Waals surface area contributed by atoms with Crippen molar-refractivity contribution >= 4 is 22.6 Å². The van der Waals surface area contributed by atoms with Crippen molar-refractivity contribution in [2.45, 2.75) is 25.4 Å². The molecule has 0 fully saturated rings. The van der Waals surface area contributed by atoms with Gasteiger partial charge < -0.3 is 5.11 Å². The van der Waals surface area contributed by atoms with Crippen LogP contribution in [0.2, 0.25) is 5.02 Å². The van der Waals surface area contributed by atoms with E-state index in [-0.39, 0.29) is 5.43 Å². The molecule has 1 N–H and O–H groups in total. The Morgan fingerprint density at radius 3 is 2.96 bits per heavy atom. The highest BCUT2D eigenvalue weighted by molar-refractivity contribution is 6.30. The molecule has 0 radical (unpaired) electrons. The fourth-order valence-electron chi connectivity index (χ4n) is 3.36. The molecule has 1 atom stereocenters. The fourth-order valence-corrected chi connectivity index (χ4v) is 3.54. The minimum atomic E-state index is -0.670. The van der Waals surface area contributed by atoms with Crippen LogP contribution in [0.5, 0.6) is 0 Å². The van der Waals surface area contributed by atoms with Crippen LogP contribution >= 0.6 is 11.6 Å². The zero-order valence-corrected chi connectivity index (χ0v) is 13.1. The summed E-state index contributed by atoms with van der Waals surface area (Å²) in [5.74, 6) is 0. The van der Waals surface area contributed by atoms with Crippen LogP contribution in [0.15, 0.2) is 47.4 Å². The molecule has 116 valence electrons. The number of aliphatic hydroxyl groups is 1. The molecule has 23 heavy (non-hydrogen) atoms. The Morgan fingerprint density at radius 2 is 2.13 bits per heavy atom. The molecule has 4 nitrogen and oxygen atoms in total. The van der Waals surface area contributed by atoms with E-state index in [1.54, 1.807) is 24.4 Å². The minimum Gasteiger partial charge on any atom is -0.387 e. The average molecular weight is 327 g/mol. The standard InChI is InChI=1S/C18H15ClN2O2/c19-11-4-1-5-12(10-11)21-16-13(6-2-8-15(16)22)17(23)14-7-3-9-20-18(14)21/h1,3-5,7,9-10,15,22H,2,6,8H2. The van der Waals surface area contributed by atoms with Gasteiger partial charge in [-0.25, -0.2) is 4.98 Å². The summed E-state index contributed by atoms with van der Waals surface area (Å²) in [6.45, 7) is 0. The second kappa shape index (κ2) is 5.48. The highest BCUT2D eigenvalue weighted by atomic mass is 35.5. The number of rotatable bonds is 1. The van der Waals surface area contributed by atoms with Crippen LogP contribution in [-0.4, -0.2) is 14.7 Å². The van der Waals surface area contributed by atoms with Crippen molar-refractivity contribution < 1.29 is 5.11 Å². The van der Waals surface area contributed by atoms with Gasteiger partial charge in [0.25, 0.3) is 0 Å². The van der Waals surface area contributed by atoms with Crippen LogP contribution in [-0.2, 0) is 6.42 Å². The van der Waals surface area contributed by atoms with Crippen molar-refractivity contribution in [2.75, 3.05) is 0 Å². The van der Waals surface area contributed by atoms with E-state index >= 15 is 0 Å². The largest absolute Gasteiger partial charge is 0.387 e. The zero-order chi connectivity index (χ0) is 16.0. The Hall–Kier alpha value is -2.17. The second-order valence-corrected chi connectivity index (χ2v) is 6.23. The molecule has 0 amide bonds. The molecule has 0 saturated heterocycles. The van der Waals surface area contributed by atoms with E-state index < -0.39 is 6.10 Å². The molecule has 4 rings (SSSR count). The maximum absolute atomic E-state index is 12.8. The third-order valence-corrected chi connectivity index (χ3v) is 4.59. The van der Waals surface area contributed by atoms with Crippen molar-refractivity contribution in [3.8, 4) is 5.69 Å². The van der Waals surface area contributed by atoms with Gasteiger partial charge in [0.1, 0.15) is 5.65 Å². The van der Waals surface area contributed by atoms with Crippen LogP contribution in [0, 0.1) is 0 Å². The molecule has 3 aromatic rings. The lowest BCUT2D eigenvalue weighted by molar-refractivity contribution is 0.149. The number of pyridine rings is 2. The number of hydrogen-bond donors (Lipinski definition) is 1.